The summed E-state index contributed by atoms with van der Waals surface area (Å²) in [4.78, 5) is 37.5. The van der Waals surface area contributed by atoms with E-state index in [2.05, 4.69) is 312 Å². The van der Waals surface area contributed by atoms with Crippen molar-refractivity contribution in [2.24, 2.45) is 0 Å². The number of ether oxygens (including phenoxy) is 1. The lowest BCUT2D eigenvalue weighted by molar-refractivity contribution is 0.0526. The van der Waals surface area contributed by atoms with Crippen molar-refractivity contribution < 1.29 is 24.2 Å². The Morgan fingerprint density at radius 3 is 0.611 bits per heavy atom. The van der Waals surface area contributed by atoms with Gasteiger partial charge in [-0.05, 0) is 192 Å². The van der Waals surface area contributed by atoms with E-state index in [4.69, 9.17) is 4.74 Å². The summed E-state index contributed by atoms with van der Waals surface area (Å²) in [7, 11) is 0. The molecule has 0 spiro atoms. The maximum Gasteiger partial charge on any atom is 0.338 e. The number of allylic oxidation sites excluding steroid dienone is 1. The normalized spacial score (nSPS) is 11.2. The number of carbonyl (C=O) groups excluding carboxylic acids is 3. The highest BCUT2D eigenvalue weighted by atomic mass is 16.5. The number of aryl methyl sites for hydroxylation is 24. The van der Waals surface area contributed by atoms with Crippen LogP contribution in [0.15, 0.2) is 200 Å². The first kappa shape index (κ1) is 84.7. The van der Waals surface area contributed by atoms with E-state index in [1.807, 2.05) is 55.5 Å². The van der Waals surface area contributed by atoms with Crippen LogP contribution < -0.4 is 65.6 Å². The quantitative estimate of drug-likeness (QED) is 0.0304. The number of hydrogen-bond donors (Lipinski definition) is 1. The molecule has 5 nitrogen and oxygen atoms in total. The van der Waals surface area contributed by atoms with Gasteiger partial charge in [-0.15, -0.1) is 0 Å². The van der Waals surface area contributed by atoms with E-state index < -0.39 is 0 Å². The van der Waals surface area contributed by atoms with Crippen molar-refractivity contribution >= 4 is 116 Å². The average molecular weight is 1490 g/mol. The van der Waals surface area contributed by atoms with Gasteiger partial charge in [0, 0.05) is 22.8 Å². The number of aliphatic hydroxyl groups is 1. The third-order valence-electron chi connectivity index (χ3n) is 23.0. The molecule has 1 N–H and O–H groups in total. The predicted octanol–water partition coefficient (Wildman–Crippen LogP) is 16.7. The molecule has 0 saturated heterocycles. The Kier molecular flexibility index (Phi) is 26.9. The highest BCUT2D eigenvalue weighted by Gasteiger charge is 2.34. The van der Waals surface area contributed by atoms with Crippen LogP contribution in [0.25, 0.3) is 5.76 Å². The molecule has 0 unspecified atom stereocenters. The minimum atomic E-state index is -0.272. The molecular weight excluding hydrogens is 1370 g/mol. The van der Waals surface area contributed by atoms with Crippen LogP contribution in [-0.4, -0.2) is 56.1 Å². The summed E-state index contributed by atoms with van der Waals surface area (Å²) < 4.78 is 5.16. The van der Waals surface area contributed by atoms with Crippen LogP contribution in [0.3, 0.4) is 0 Å². The summed E-state index contributed by atoms with van der Waals surface area (Å²) in [5.74, 6) is -0.443. The maximum absolute atomic E-state index is 13.7. The highest BCUT2D eigenvalue weighted by molar-refractivity contribution is 6.98. The minimum Gasteiger partial charge on any atom is -0.507 e. The van der Waals surface area contributed by atoms with Crippen molar-refractivity contribution in [3.8, 4) is 0 Å². The van der Waals surface area contributed by atoms with Crippen molar-refractivity contribution in [1.82, 2.24) is 0 Å². The SMILES string of the molecule is CC(=O)c1ccc(B(c2c(C)cc(C)cc2C)c2c(C)cc(C)cc2C)cc1.CCOC(=O)c1ccc(B(c2c(C)cc(C)cc2C)c2c(C)cc(C)cc2C)cc1.Cc1cc(C)c(B(c2ccc(C(=O)/C=C(\O)c3ccc(B(c4c(C)cc(C)cc4C)c4c(C)cc(C)cc4C)cc3)cc2)c2c(C)cc(C)cc2C)c(C)c1. The fourth-order valence-electron chi connectivity index (χ4n) is 19.0. The number of esters is 1. The molecular formula is C104H114B4O5. The van der Waals surface area contributed by atoms with Crippen LogP contribution in [-0.2, 0) is 4.74 Å². The molecule has 0 aliphatic rings. The largest absolute Gasteiger partial charge is 0.507 e. The van der Waals surface area contributed by atoms with Crippen LogP contribution in [0.1, 0.15) is 184 Å². The van der Waals surface area contributed by atoms with Gasteiger partial charge in [-0.25, -0.2) is 4.79 Å². The number of rotatable bonds is 18. The number of aliphatic hydroxyl groups excluding tert-OH is 1. The van der Waals surface area contributed by atoms with E-state index >= 15 is 0 Å². The predicted molar refractivity (Wildman–Crippen MR) is 491 cm³/mol. The Labute approximate surface area is 678 Å². The number of benzene rings is 12. The molecule has 12 rings (SSSR count). The Bertz CT molecular complexity index is 5230. The zero-order valence-electron chi connectivity index (χ0n) is 72.1. The second kappa shape index (κ2) is 35.9. The standard InChI is InChI=1S/C51H54B2O2.C27H31BO2.C26H29BO/c1-30-21-34(5)48(35(6)22-30)52(49-36(7)23-31(2)24-37(49)8)44-17-13-42(14-18-44)46(54)29-47(55)43-15-19-45(20-16-43)53(50-38(9)25-32(3)26-39(50)10)51-40(11)27-33(4)28-41(51)12;1-8-30-27(29)23-9-11-24(12-10-23)28(25-19(4)13-17(2)14-20(25)5)26-21(6)15-18(3)16-22(26)7;1-16-12-18(3)25(19(4)13-16)27(24-10-8-23(9-11-24)22(7)28)26-20(5)14-17(2)15-21(26)6/h13-29,54H,1-12H3;9-16H,8H2,1-7H3;8-15H,1-7H3/b46-29-;;. The molecule has 0 aliphatic carbocycles. The van der Waals surface area contributed by atoms with E-state index in [0.29, 0.717) is 23.3 Å². The average Bonchev–Trinajstić information content (AvgIpc) is 0.782. The van der Waals surface area contributed by atoms with Gasteiger partial charge in [0.15, 0.2) is 11.6 Å². The number of hydrogen-bond acceptors (Lipinski definition) is 5. The van der Waals surface area contributed by atoms with Crippen LogP contribution in [0.2, 0.25) is 0 Å². The Hall–Kier alpha value is -10.8. The summed E-state index contributed by atoms with van der Waals surface area (Å²) >= 11 is 0. The van der Waals surface area contributed by atoms with E-state index in [1.54, 1.807) is 6.92 Å². The van der Waals surface area contributed by atoms with E-state index in [9.17, 15) is 19.5 Å². The third kappa shape index (κ3) is 19.1. The van der Waals surface area contributed by atoms with Gasteiger partial charge in [0.25, 0.3) is 0 Å². The third-order valence-corrected chi connectivity index (χ3v) is 23.0. The molecule has 0 amide bonds. The molecule has 0 aromatic heterocycles. The van der Waals surface area contributed by atoms with Crippen molar-refractivity contribution in [2.45, 2.75) is 180 Å². The molecule has 9 heteroatoms. The molecule has 0 fully saturated rings. The maximum atomic E-state index is 13.7. The summed E-state index contributed by atoms with van der Waals surface area (Å²) in [5, 5.41) is 11.3. The fourth-order valence-corrected chi connectivity index (χ4v) is 19.0. The molecule has 0 atom stereocenters. The number of Topliss-reactive ketones (excluding diaryl/α,β-unsaturated/α-hetero) is 1. The summed E-state index contributed by atoms with van der Waals surface area (Å²) in [5.41, 5.74) is 48.6. The van der Waals surface area contributed by atoms with E-state index in [0.717, 1.165) is 16.5 Å². The molecule has 0 saturated carbocycles. The van der Waals surface area contributed by atoms with Crippen LogP contribution >= 0.6 is 0 Å². The van der Waals surface area contributed by atoms with Gasteiger partial charge in [-0.2, -0.15) is 0 Å². The summed E-state index contributed by atoms with van der Waals surface area (Å²) in [6, 6.07) is 68.4. The molecule has 0 heterocycles. The monoisotopic (exact) mass is 1490 g/mol. The van der Waals surface area contributed by atoms with Gasteiger partial charge in [0.2, 0.25) is 26.9 Å². The van der Waals surface area contributed by atoms with Gasteiger partial charge in [0.05, 0.1) is 12.2 Å². The van der Waals surface area contributed by atoms with Gasteiger partial charge in [0.1, 0.15) is 5.76 Å². The first-order chi connectivity index (χ1) is 53.4. The van der Waals surface area contributed by atoms with Crippen LogP contribution in [0.4, 0.5) is 0 Å². The van der Waals surface area contributed by atoms with Crippen molar-refractivity contribution in [2.75, 3.05) is 6.61 Å². The van der Waals surface area contributed by atoms with E-state index in [1.165, 1.54) is 194 Å². The Morgan fingerprint density at radius 1 is 0.265 bits per heavy atom. The molecule has 0 radical (unpaired) electrons. The minimum absolute atomic E-state index is 0.0246. The second-order valence-electron chi connectivity index (χ2n) is 32.9. The van der Waals surface area contributed by atoms with Crippen LogP contribution in [0, 0.1) is 166 Å². The topological polar surface area (TPSA) is 80.7 Å². The number of carbonyl (C=O) groups is 3. The van der Waals surface area contributed by atoms with Gasteiger partial charge >= 0.3 is 5.97 Å². The smallest absolute Gasteiger partial charge is 0.338 e. The lowest BCUT2D eigenvalue weighted by Crippen LogP contribution is -2.55. The first-order valence-electron chi connectivity index (χ1n) is 40.1. The van der Waals surface area contributed by atoms with E-state index in [-0.39, 0.29) is 50.1 Å². The lowest BCUT2D eigenvalue weighted by Gasteiger charge is -2.24. The molecule has 0 aliphatic heterocycles. The van der Waals surface area contributed by atoms with Gasteiger partial charge < -0.3 is 9.84 Å². The Morgan fingerprint density at radius 2 is 0.434 bits per heavy atom. The molecule has 0 bridgehead atoms. The number of ketones is 2. The van der Waals surface area contributed by atoms with Gasteiger partial charge in [-0.1, -0.05) is 381 Å². The first-order valence-corrected chi connectivity index (χ1v) is 40.1. The van der Waals surface area contributed by atoms with Crippen molar-refractivity contribution in [3.05, 3.63) is 356 Å². The highest BCUT2D eigenvalue weighted by Crippen LogP contribution is 2.22. The molecule has 572 valence electrons. The Balaban J connectivity index is 0.000000197. The second-order valence-corrected chi connectivity index (χ2v) is 32.9. The fraction of sp³-hybridized carbons (Fsp3) is 0.260. The summed E-state index contributed by atoms with van der Waals surface area (Å²) in [6.45, 7) is 56.7. The van der Waals surface area contributed by atoms with Crippen molar-refractivity contribution in [1.29, 1.82) is 0 Å². The summed E-state index contributed by atoms with van der Waals surface area (Å²) in [6.07, 6.45) is 1.35. The lowest BCUT2D eigenvalue weighted by atomic mass is 9.34. The van der Waals surface area contributed by atoms with Crippen molar-refractivity contribution in [3.63, 3.8) is 0 Å². The molecule has 12 aromatic rings. The van der Waals surface area contributed by atoms with Crippen LogP contribution in [0.5, 0.6) is 0 Å². The zero-order chi connectivity index (χ0) is 82.5. The van der Waals surface area contributed by atoms with Gasteiger partial charge in [-0.3, -0.25) is 9.59 Å². The molecule has 12 aromatic carbocycles. The molecule has 113 heavy (non-hydrogen) atoms. The zero-order valence-corrected chi connectivity index (χ0v) is 72.1.